The lowest BCUT2D eigenvalue weighted by molar-refractivity contribution is 0.127. The molecule has 94 valence electrons. The molecule has 2 N–H and O–H groups in total. The maximum absolute atomic E-state index is 12.2. The van der Waals surface area contributed by atoms with E-state index >= 15 is 0 Å². The van der Waals surface area contributed by atoms with Crippen molar-refractivity contribution in [1.82, 2.24) is 0 Å². The maximum atomic E-state index is 12.2. The smallest absolute Gasteiger partial charge is 0.0691 e. The molecular weight excluding hydrogens is 234 g/mol. The first-order valence-electron chi connectivity index (χ1n) is 5.97. The molecule has 4 heteroatoms. The lowest BCUT2D eigenvalue weighted by Crippen LogP contribution is -2.24. The largest absolute Gasteiger partial charge is 0.377 e. The lowest BCUT2D eigenvalue weighted by atomic mass is 10.1. The SMILES string of the molecule is CC1OCCC1S(=O)Cc1ccc(CN)cc1. The zero-order chi connectivity index (χ0) is 12.3. The summed E-state index contributed by atoms with van der Waals surface area (Å²) in [6.45, 7) is 3.30. The predicted molar refractivity (Wildman–Crippen MR) is 70.0 cm³/mol. The molecule has 3 unspecified atom stereocenters. The Morgan fingerprint density at radius 2 is 2.00 bits per heavy atom. The molecule has 2 rings (SSSR count). The Hall–Kier alpha value is -0.710. The van der Waals surface area contributed by atoms with E-state index in [2.05, 4.69) is 0 Å². The molecule has 1 aliphatic heterocycles. The molecular formula is C13H19NO2S. The minimum atomic E-state index is -0.841. The Bertz CT molecular complexity index is 391. The van der Waals surface area contributed by atoms with Gasteiger partial charge in [0.1, 0.15) is 0 Å². The number of ether oxygens (including phenoxy) is 1. The van der Waals surface area contributed by atoms with Crippen LogP contribution in [-0.2, 0) is 27.8 Å². The number of benzene rings is 1. The van der Waals surface area contributed by atoms with E-state index < -0.39 is 10.8 Å². The van der Waals surface area contributed by atoms with Crippen LogP contribution >= 0.6 is 0 Å². The molecule has 17 heavy (non-hydrogen) atoms. The third-order valence-electron chi connectivity index (χ3n) is 3.21. The van der Waals surface area contributed by atoms with Gasteiger partial charge in [0, 0.05) is 29.7 Å². The van der Waals surface area contributed by atoms with Crippen molar-refractivity contribution in [2.24, 2.45) is 5.73 Å². The van der Waals surface area contributed by atoms with Crippen LogP contribution in [0, 0.1) is 0 Å². The van der Waals surface area contributed by atoms with Gasteiger partial charge in [0.05, 0.1) is 11.4 Å². The van der Waals surface area contributed by atoms with Gasteiger partial charge in [-0.15, -0.1) is 0 Å². The van der Waals surface area contributed by atoms with Gasteiger partial charge in [-0.2, -0.15) is 0 Å². The zero-order valence-electron chi connectivity index (χ0n) is 10.1. The van der Waals surface area contributed by atoms with E-state index in [1.165, 1.54) is 0 Å². The van der Waals surface area contributed by atoms with E-state index in [4.69, 9.17) is 10.5 Å². The zero-order valence-corrected chi connectivity index (χ0v) is 10.9. The standard InChI is InChI=1S/C13H19NO2S/c1-10-13(6-7-16-10)17(15)9-12-4-2-11(8-14)3-5-12/h2-5,10,13H,6-9,14H2,1H3. The van der Waals surface area contributed by atoms with Gasteiger partial charge in [-0.05, 0) is 24.5 Å². The summed E-state index contributed by atoms with van der Waals surface area (Å²) < 4.78 is 17.6. The van der Waals surface area contributed by atoms with Crippen LogP contribution in [-0.4, -0.2) is 22.2 Å². The third-order valence-corrected chi connectivity index (χ3v) is 5.12. The topological polar surface area (TPSA) is 52.3 Å². The van der Waals surface area contributed by atoms with Crippen LogP contribution < -0.4 is 5.73 Å². The molecule has 0 radical (unpaired) electrons. The molecule has 1 aliphatic rings. The summed E-state index contributed by atoms with van der Waals surface area (Å²) in [6.07, 6.45) is 1.04. The summed E-state index contributed by atoms with van der Waals surface area (Å²) in [5.74, 6) is 0.614. The summed E-state index contributed by atoms with van der Waals surface area (Å²) in [5.41, 5.74) is 7.76. The van der Waals surface area contributed by atoms with Crippen LogP contribution in [0.4, 0.5) is 0 Å². The number of hydrogen-bond donors (Lipinski definition) is 1. The lowest BCUT2D eigenvalue weighted by Gasteiger charge is -2.13. The van der Waals surface area contributed by atoms with E-state index in [-0.39, 0.29) is 11.4 Å². The highest BCUT2D eigenvalue weighted by Gasteiger charge is 2.29. The molecule has 0 bridgehead atoms. The minimum absolute atomic E-state index is 0.124. The van der Waals surface area contributed by atoms with Gasteiger partial charge in [0.15, 0.2) is 0 Å². The van der Waals surface area contributed by atoms with Gasteiger partial charge in [0.2, 0.25) is 0 Å². The molecule has 1 aromatic carbocycles. The van der Waals surface area contributed by atoms with Crippen molar-refractivity contribution in [3.8, 4) is 0 Å². The van der Waals surface area contributed by atoms with E-state index in [9.17, 15) is 4.21 Å². The number of nitrogens with two attached hydrogens (primary N) is 1. The van der Waals surface area contributed by atoms with Crippen molar-refractivity contribution in [2.75, 3.05) is 6.61 Å². The van der Waals surface area contributed by atoms with E-state index in [1.807, 2.05) is 31.2 Å². The molecule has 0 amide bonds. The molecule has 0 aromatic heterocycles. The van der Waals surface area contributed by atoms with E-state index in [0.29, 0.717) is 12.3 Å². The average Bonchev–Trinajstić information content (AvgIpc) is 2.76. The van der Waals surface area contributed by atoms with Crippen molar-refractivity contribution < 1.29 is 8.95 Å². The van der Waals surface area contributed by atoms with Gasteiger partial charge < -0.3 is 10.5 Å². The normalized spacial score (nSPS) is 26.0. The van der Waals surface area contributed by atoms with Gasteiger partial charge in [-0.1, -0.05) is 24.3 Å². The van der Waals surface area contributed by atoms with Gasteiger partial charge in [0.25, 0.3) is 0 Å². The Morgan fingerprint density at radius 1 is 1.35 bits per heavy atom. The molecule has 3 nitrogen and oxygen atoms in total. The highest BCUT2D eigenvalue weighted by atomic mass is 32.2. The van der Waals surface area contributed by atoms with Crippen molar-refractivity contribution >= 4 is 10.8 Å². The Labute approximate surface area is 105 Å². The first-order valence-corrected chi connectivity index (χ1v) is 7.35. The third kappa shape index (κ3) is 3.15. The number of hydrogen-bond acceptors (Lipinski definition) is 3. The fourth-order valence-corrected chi connectivity index (χ4v) is 3.70. The van der Waals surface area contributed by atoms with Gasteiger partial charge in [-0.25, -0.2) is 0 Å². The minimum Gasteiger partial charge on any atom is -0.377 e. The van der Waals surface area contributed by atoms with E-state index in [0.717, 1.165) is 24.2 Å². The molecule has 1 saturated heterocycles. The summed E-state index contributed by atoms with van der Waals surface area (Å²) in [4.78, 5) is 0. The van der Waals surface area contributed by atoms with Gasteiger partial charge >= 0.3 is 0 Å². The number of rotatable bonds is 4. The van der Waals surface area contributed by atoms with E-state index in [1.54, 1.807) is 0 Å². The van der Waals surface area contributed by atoms with Crippen LogP contribution in [0.25, 0.3) is 0 Å². The Kier molecular flexibility index (Phi) is 4.31. The molecule has 1 aromatic rings. The molecule has 1 heterocycles. The fraction of sp³-hybridized carbons (Fsp3) is 0.538. The molecule has 0 saturated carbocycles. The first kappa shape index (κ1) is 12.7. The first-order chi connectivity index (χ1) is 8.20. The highest BCUT2D eigenvalue weighted by molar-refractivity contribution is 7.84. The quantitative estimate of drug-likeness (QED) is 0.886. The monoisotopic (exact) mass is 253 g/mol. The van der Waals surface area contributed by atoms with Crippen LogP contribution in [0.1, 0.15) is 24.5 Å². The summed E-state index contributed by atoms with van der Waals surface area (Å²) in [7, 11) is -0.841. The second-order valence-corrected chi connectivity index (χ2v) is 6.10. The van der Waals surface area contributed by atoms with Crippen molar-refractivity contribution in [1.29, 1.82) is 0 Å². The second kappa shape index (κ2) is 5.76. The van der Waals surface area contributed by atoms with Crippen molar-refractivity contribution in [3.63, 3.8) is 0 Å². The van der Waals surface area contributed by atoms with Crippen LogP contribution in [0.15, 0.2) is 24.3 Å². The predicted octanol–water partition coefficient (Wildman–Crippen LogP) is 1.57. The molecule has 1 fully saturated rings. The second-order valence-electron chi connectivity index (χ2n) is 4.45. The average molecular weight is 253 g/mol. The van der Waals surface area contributed by atoms with Crippen molar-refractivity contribution in [3.05, 3.63) is 35.4 Å². The summed E-state index contributed by atoms with van der Waals surface area (Å²) >= 11 is 0. The Morgan fingerprint density at radius 3 is 2.53 bits per heavy atom. The van der Waals surface area contributed by atoms with Crippen LogP contribution in [0.3, 0.4) is 0 Å². The van der Waals surface area contributed by atoms with Crippen LogP contribution in [0.2, 0.25) is 0 Å². The molecule has 0 aliphatic carbocycles. The highest BCUT2D eigenvalue weighted by Crippen LogP contribution is 2.21. The summed E-state index contributed by atoms with van der Waals surface area (Å²) in [6, 6.07) is 8.03. The molecule has 3 atom stereocenters. The van der Waals surface area contributed by atoms with Gasteiger partial charge in [-0.3, -0.25) is 4.21 Å². The van der Waals surface area contributed by atoms with Crippen LogP contribution in [0.5, 0.6) is 0 Å². The maximum Gasteiger partial charge on any atom is 0.0691 e. The fourth-order valence-electron chi connectivity index (χ4n) is 2.10. The van der Waals surface area contributed by atoms with Crippen molar-refractivity contribution in [2.45, 2.75) is 37.0 Å². The summed E-state index contributed by atoms with van der Waals surface area (Å²) in [5, 5.41) is 0.184. The Balaban J connectivity index is 1.97. The molecule has 0 spiro atoms.